The summed E-state index contributed by atoms with van der Waals surface area (Å²) in [7, 11) is -3.22. The average molecular weight is 195 g/mol. The van der Waals surface area contributed by atoms with Crippen LogP contribution in [0, 0.1) is 0 Å². The van der Waals surface area contributed by atoms with Gasteiger partial charge in [0.1, 0.15) is 6.04 Å². The van der Waals surface area contributed by atoms with Crippen molar-refractivity contribution in [3.63, 3.8) is 0 Å². The van der Waals surface area contributed by atoms with Gasteiger partial charge in [-0.2, -0.15) is 0 Å². The molecule has 0 amide bonds. The van der Waals surface area contributed by atoms with Crippen LogP contribution in [0.5, 0.6) is 0 Å². The lowest BCUT2D eigenvalue weighted by Crippen LogP contribution is -2.34. The van der Waals surface area contributed by atoms with E-state index in [9.17, 15) is 18.2 Å². The molecule has 0 bridgehead atoms. The van der Waals surface area contributed by atoms with Crippen molar-refractivity contribution in [2.75, 3.05) is 0 Å². The van der Waals surface area contributed by atoms with Crippen molar-refractivity contribution in [3.8, 4) is 0 Å². The van der Waals surface area contributed by atoms with Crippen molar-refractivity contribution in [1.29, 1.82) is 0 Å². The predicted molar refractivity (Wildman–Crippen MR) is 38.9 cm³/mol. The highest BCUT2D eigenvalue weighted by Crippen LogP contribution is 1.99. The zero-order valence-electron chi connectivity index (χ0n) is 6.57. The molecule has 0 fully saturated rings. The third-order valence-electron chi connectivity index (χ3n) is 1.18. The minimum atomic E-state index is -3.22. The summed E-state index contributed by atoms with van der Waals surface area (Å²) >= 11 is 0. The Morgan fingerprint density at radius 2 is 2.08 bits per heavy atom. The van der Waals surface area contributed by atoms with Crippen LogP contribution in [0.1, 0.15) is 12.8 Å². The van der Waals surface area contributed by atoms with Crippen LogP contribution in [-0.2, 0) is 14.2 Å². The first kappa shape index (κ1) is 11.8. The Morgan fingerprint density at radius 3 is 2.46 bits per heavy atom. The fourth-order valence-electron chi connectivity index (χ4n) is 0.572. The second-order valence-electron chi connectivity index (χ2n) is 2.24. The lowest BCUT2D eigenvalue weighted by Gasteiger charge is -2.07. The number of hydrogen-bond acceptors (Lipinski definition) is 4. The first-order valence-corrected chi connectivity index (χ1v) is 3.39. The molecule has 8 heteroatoms. The summed E-state index contributed by atoms with van der Waals surface area (Å²) < 4.78 is 26.3. The van der Waals surface area contributed by atoms with Crippen LogP contribution in [0.2, 0.25) is 0 Å². The SMILES string of the molecule is N[C@@H](CCC(=O)O)C(=O)OB(F)F. The molecule has 0 saturated carbocycles. The first-order valence-electron chi connectivity index (χ1n) is 3.39. The van der Waals surface area contributed by atoms with Gasteiger partial charge in [-0.15, -0.1) is 0 Å². The standard InChI is InChI=1S/C5H8BF2NO4/c7-6(8)13-5(12)3(9)1-2-4(10)11/h3H,1-2,9H2,(H,10,11)/t3-/m0/s1. The van der Waals surface area contributed by atoms with Gasteiger partial charge >= 0.3 is 19.4 Å². The monoisotopic (exact) mass is 195 g/mol. The maximum atomic E-state index is 11.4. The van der Waals surface area contributed by atoms with Crippen molar-refractivity contribution >= 4 is 19.4 Å². The van der Waals surface area contributed by atoms with Crippen molar-refractivity contribution < 1.29 is 28.0 Å². The smallest absolute Gasteiger partial charge is 0.481 e. The minimum Gasteiger partial charge on any atom is -0.481 e. The topological polar surface area (TPSA) is 89.6 Å². The molecule has 3 N–H and O–H groups in total. The zero-order chi connectivity index (χ0) is 10.4. The summed E-state index contributed by atoms with van der Waals surface area (Å²) in [5.74, 6) is -2.45. The molecular weight excluding hydrogens is 187 g/mol. The highest BCUT2D eigenvalue weighted by atomic mass is 19.2. The third kappa shape index (κ3) is 6.03. The summed E-state index contributed by atoms with van der Waals surface area (Å²) in [6.07, 6.45) is -0.583. The van der Waals surface area contributed by atoms with Gasteiger partial charge in [0.2, 0.25) is 0 Å². The van der Waals surface area contributed by atoms with Crippen LogP contribution < -0.4 is 5.73 Å². The fourth-order valence-corrected chi connectivity index (χ4v) is 0.572. The van der Waals surface area contributed by atoms with E-state index in [-0.39, 0.29) is 12.8 Å². The molecule has 5 nitrogen and oxygen atoms in total. The molecule has 0 aliphatic rings. The number of nitrogens with two attached hydrogens (primary N) is 1. The molecular formula is C5H8BF2NO4. The van der Waals surface area contributed by atoms with Crippen LogP contribution in [-0.4, -0.2) is 30.6 Å². The summed E-state index contributed by atoms with van der Waals surface area (Å²) in [6.45, 7) is 0. The van der Waals surface area contributed by atoms with E-state index in [0.29, 0.717) is 0 Å². The number of carboxylic acid groups (broad SMARTS) is 1. The third-order valence-corrected chi connectivity index (χ3v) is 1.18. The Bertz CT molecular complexity index is 201. The second-order valence-corrected chi connectivity index (χ2v) is 2.24. The lowest BCUT2D eigenvalue weighted by molar-refractivity contribution is -0.139. The maximum absolute atomic E-state index is 11.4. The highest BCUT2D eigenvalue weighted by molar-refractivity contribution is 6.37. The number of aliphatic carboxylic acids is 1. The van der Waals surface area contributed by atoms with Crippen LogP contribution >= 0.6 is 0 Å². The van der Waals surface area contributed by atoms with Gasteiger partial charge in [0.25, 0.3) is 0 Å². The van der Waals surface area contributed by atoms with E-state index in [1.54, 1.807) is 0 Å². The predicted octanol–water partition coefficient (Wildman–Crippen LogP) is -0.354. The first-order chi connectivity index (χ1) is 5.93. The molecule has 0 aromatic heterocycles. The Hall–Kier alpha value is -1.18. The zero-order valence-corrected chi connectivity index (χ0v) is 6.57. The van der Waals surface area contributed by atoms with Crippen molar-refractivity contribution in [2.24, 2.45) is 5.73 Å². The average Bonchev–Trinajstić information content (AvgIpc) is 1.98. The summed E-state index contributed by atoms with van der Waals surface area (Å²) in [5.41, 5.74) is 5.04. The number of hydrogen-bond donors (Lipinski definition) is 2. The minimum absolute atomic E-state index is 0.221. The van der Waals surface area contributed by atoms with Gasteiger partial charge in [-0.05, 0) is 6.42 Å². The molecule has 0 radical (unpaired) electrons. The molecule has 0 heterocycles. The van der Waals surface area contributed by atoms with Gasteiger partial charge in [0.15, 0.2) is 0 Å². The van der Waals surface area contributed by atoms with Gasteiger partial charge in [-0.1, -0.05) is 0 Å². The molecule has 13 heavy (non-hydrogen) atoms. The molecule has 0 aromatic rings. The summed E-state index contributed by atoms with van der Waals surface area (Å²) in [6, 6.07) is -1.31. The molecule has 0 aromatic carbocycles. The number of carboxylic acids is 1. The summed E-state index contributed by atoms with van der Waals surface area (Å²) in [5, 5.41) is 8.17. The molecule has 74 valence electrons. The number of halogens is 2. The quantitative estimate of drug-likeness (QED) is 0.584. The van der Waals surface area contributed by atoms with Crippen LogP contribution in [0.15, 0.2) is 0 Å². The molecule has 0 unspecified atom stereocenters. The van der Waals surface area contributed by atoms with E-state index >= 15 is 0 Å². The highest BCUT2D eigenvalue weighted by Gasteiger charge is 2.25. The normalized spacial score (nSPS) is 11.9. The van der Waals surface area contributed by atoms with Gasteiger partial charge < -0.3 is 15.5 Å². The van der Waals surface area contributed by atoms with Gasteiger partial charge in [-0.25, -0.2) is 8.63 Å². The van der Waals surface area contributed by atoms with E-state index < -0.39 is 25.5 Å². The molecule has 0 spiro atoms. The Morgan fingerprint density at radius 1 is 1.54 bits per heavy atom. The maximum Gasteiger partial charge on any atom is 0.798 e. The number of carbonyl (C=O) groups is 2. The van der Waals surface area contributed by atoms with E-state index in [2.05, 4.69) is 4.65 Å². The summed E-state index contributed by atoms with van der Waals surface area (Å²) in [4.78, 5) is 20.5. The number of rotatable bonds is 5. The second kappa shape index (κ2) is 5.47. The van der Waals surface area contributed by atoms with Crippen molar-refractivity contribution in [2.45, 2.75) is 18.9 Å². The van der Waals surface area contributed by atoms with Crippen LogP contribution in [0.4, 0.5) is 8.63 Å². The molecule has 0 rings (SSSR count). The van der Waals surface area contributed by atoms with Crippen molar-refractivity contribution in [3.05, 3.63) is 0 Å². The molecule has 0 saturated heterocycles. The van der Waals surface area contributed by atoms with Gasteiger partial charge in [-0.3, -0.25) is 9.59 Å². The molecule has 1 atom stereocenters. The Labute approximate surface area is 73.1 Å². The van der Waals surface area contributed by atoms with E-state index in [1.807, 2.05) is 0 Å². The van der Waals surface area contributed by atoms with Crippen LogP contribution in [0.25, 0.3) is 0 Å². The lowest BCUT2D eigenvalue weighted by atomic mass is 10.1. The van der Waals surface area contributed by atoms with Crippen LogP contribution in [0.3, 0.4) is 0 Å². The van der Waals surface area contributed by atoms with E-state index in [4.69, 9.17) is 10.8 Å². The fraction of sp³-hybridized carbons (Fsp3) is 0.600. The number of carbonyl (C=O) groups excluding carboxylic acids is 1. The largest absolute Gasteiger partial charge is 0.798 e. The van der Waals surface area contributed by atoms with E-state index in [0.717, 1.165) is 0 Å². The molecule has 0 aliphatic heterocycles. The van der Waals surface area contributed by atoms with Gasteiger partial charge in [0.05, 0.1) is 0 Å². The van der Waals surface area contributed by atoms with Crippen molar-refractivity contribution in [1.82, 2.24) is 0 Å². The Kier molecular flexibility index (Phi) is 4.97. The Balaban J connectivity index is 3.76. The van der Waals surface area contributed by atoms with Gasteiger partial charge in [0, 0.05) is 6.42 Å². The van der Waals surface area contributed by atoms with E-state index in [1.165, 1.54) is 0 Å². The molecule has 0 aliphatic carbocycles.